The second-order valence-corrected chi connectivity index (χ2v) is 5.29. The molecule has 0 aliphatic heterocycles. The van der Waals surface area contributed by atoms with Crippen molar-refractivity contribution in [2.24, 2.45) is 0 Å². The smallest absolute Gasteiger partial charge is 0.321 e. The zero-order valence-electron chi connectivity index (χ0n) is 11.9. The van der Waals surface area contributed by atoms with E-state index >= 15 is 0 Å². The van der Waals surface area contributed by atoms with Gasteiger partial charge in [0.1, 0.15) is 6.04 Å². The van der Waals surface area contributed by atoms with E-state index in [-0.39, 0.29) is 5.91 Å². The lowest BCUT2D eigenvalue weighted by Gasteiger charge is -2.17. The Hall–Kier alpha value is -1.56. The first kappa shape index (κ1) is 16.5. The van der Waals surface area contributed by atoms with Gasteiger partial charge < -0.3 is 10.6 Å². The lowest BCUT2D eigenvalue weighted by atomic mass is 10.1. The second-order valence-electron chi connectivity index (χ2n) is 4.37. The number of hydrogen-bond acceptors (Lipinski definition) is 3. The molecule has 0 saturated carbocycles. The molecule has 0 heterocycles. The third-order valence-electron chi connectivity index (χ3n) is 2.79. The second kappa shape index (κ2) is 7.89. The molecule has 3 N–H and O–H groups in total. The summed E-state index contributed by atoms with van der Waals surface area (Å²) in [6.07, 6.45) is 0.854. The first-order chi connectivity index (χ1) is 9.47. The number of anilines is 1. The SMILES string of the molecule is CCNC(=O)NC(=O)C(C)Nc1ccc(Br)cc1CC. The van der Waals surface area contributed by atoms with Crippen LogP contribution in [0.2, 0.25) is 0 Å². The van der Waals surface area contributed by atoms with Crippen molar-refractivity contribution in [2.45, 2.75) is 33.2 Å². The lowest BCUT2D eigenvalue weighted by molar-refractivity contribution is -0.120. The molecule has 1 aromatic carbocycles. The summed E-state index contributed by atoms with van der Waals surface area (Å²) in [5.41, 5.74) is 2.01. The Morgan fingerprint density at radius 3 is 2.60 bits per heavy atom. The van der Waals surface area contributed by atoms with Gasteiger partial charge in [0.05, 0.1) is 0 Å². The fourth-order valence-corrected chi connectivity index (χ4v) is 2.13. The van der Waals surface area contributed by atoms with Crippen LogP contribution in [0, 0.1) is 0 Å². The minimum Gasteiger partial charge on any atom is -0.374 e. The highest BCUT2D eigenvalue weighted by molar-refractivity contribution is 9.10. The van der Waals surface area contributed by atoms with Gasteiger partial charge in [-0.1, -0.05) is 22.9 Å². The summed E-state index contributed by atoms with van der Waals surface area (Å²) in [5.74, 6) is -0.360. The summed E-state index contributed by atoms with van der Waals surface area (Å²) in [7, 11) is 0. The molecule has 0 bridgehead atoms. The van der Waals surface area contributed by atoms with Crippen molar-refractivity contribution in [3.05, 3.63) is 28.2 Å². The van der Waals surface area contributed by atoms with Crippen LogP contribution in [-0.2, 0) is 11.2 Å². The number of nitrogens with one attached hydrogen (secondary N) is 3. The largest absolute Gasteiger partial charge is 0.374 e. The molecule has 0 radical (unpaired) electrons. The van der Waals surface area contributed by atoms with Crippen LogP contribution in [-0.4, -0.2) is 24.5 Å². The standard InChI is InChI=1S/C14H20BrN3O2/c1-4-10-8-11(15)6-7-12(10)17-9(3)13(19)18-14(20)16-5-2/h6-9,17H,4-5H2,1-3H3,(H2,16,18,19,20). The van der Waals surface area contributed by atoms with E-state index in [9.17, 15) is 9.59 Å². The monoisotopic (exact) mass is 341 g/mol. The maximum absolute atomic E-state index is 11.9. The van der Waals surface area contributed by atoms with Crippen molar-refractivity contribution in [1.82, 2.24) is 10.6 Å². The summed E-state index contributed by atoms with van der Waals surface area (Å²) in [5, 5.41) is 7.93. The van der Waals surface area contributed by atoms with Crippen molar-refractivity contribution >= 4 is 33.6 Å². The molecule has 1 unspecified atom stereocenters. The molecular weight excluding hydrogens is 322 g/mol. The average Bonchev–Trinajstić information content (AvgIpc) is 2.40. The van der Waals surface area contributed by atoms with Gasteiger partial charge in [0.2, 0.25) is 5.91 Å². The number of aryl methyl sites for hydroxylation is 1. The zero-order chi connectivity index (χ0) is 15.1. The number of halogens is 1. The van der Waals surface area contributed by atoms with E-state index in [0.717, 1.165) is 22.1 Å². The lowest BCUT2D eigenvalue weighted by Crippen LogP contribution is -2.45. The number of amides is 3. The normalized spacial score (nSPS) is 11.6. The Morgan fingerprint density at radius 1 is 1.30 bits per heavy atom. The van der Waals surface area contributed by atoms with Gasteiger partial charge in [-0.05, 0) is 44.0 Å². The number of hydrogen-bond donors (Lipinski definition) is 3. The molecule has 6 heteroatoms. The van der Waals surface area contributed by atoms with Crippen LogP contribution in [0.1, 0.15) is 26.3 Å². The van der Waals surface area contributed by atoms with Crippen molar-refractivity contribution < 1.29 is 9.59 Å². The van der Waals surface area contributed by atoms with Crippen LogP contribution in [0.25, 0.3) is 0 Å². The average molecular weight is 342 g/mol. The Balaban J connectivity index is 2.68. The highest BCUT2D eigenvalue weighted by Crippen LogP contribution is 2.22. The molecule has 0 spiro atoms. The minimum atomic E-state index is -0.496. The van der Waals surface area contributed by atoms with Crippen LogP contribution in [0.3, 0.4) is 0 Å². The van der Waals surface area contributed by atoms with Crippen LogP contribution in [0.4, 0.5) is 10.5 Å². The van der Waals surface area contributed by atoms with Gasteiger partial charge in [-0.2, -0.15) is 0 Å². The Morgan fingerprint density at radius 2 is 2.00 bits per heavy atom. The topological polar surface area (TPSA) is 70.2 Å². The fraction of sp³-hybridized carbons (Fsp3) is 0.429. The quantitative estimate of drug-likeness (QED) is 0.771. The van der Waals surface area contributed by atoms with Crippen molar-refractivity contribution in [3.8, 4) is 0 Å². The van der Waals surface area contributed by atoms with Gasteiger partial charge >= 0.3 is 6.03 Å². The van der Waals surface area contributed by atoms with Gasteiger partial charge in [0, 0.05) is 16.7 Å². The summed E-state index contributed by atoms with van der Waals surface area (Å²) >= 11 is 3.42. The van der Waals surface area contributed by atoms with E-state index in [1.807, 2.05) is 25.1 Å². The van der Waals surface area contributed by atoms with Crippen molar-refractivity contribution in [3.63, 3.8) is 0 Å². The maximum Gasteiger partial charge on any atom is 0.321 e. The number of imide groups is 1. The molecule has 0 fully saturated rings. The predicted molar refractivity (Wildman–Crippen MR) is 83.8 cm³/mol. The molecule has 110 valence electrons. The molecule has 5 nitrogen and oxygen atoms in total. The molecule has 1 atom stereocenters. The number of carbonyl (C=O) groups is 2. The number of benzene rings is 1. The number of carbonyl (C=O) groups excluding carboxylic acids is 2. The Labute approximate surface area is 127 Å². The molecule has 0 saturated heterocycles. The summed E-state index contributed by atoms with van der Waals surface area (Å²) in [6, 6.07) is 4.87. The Bertz CT molecular complexity index is 491. The van der Waals surface area contributed by atoms with E-state index in [0.29, 0.717) is 6.54 Å². The molecule has 0 aliphatic carbocycles. The van der Waals surface area contributed by atoms with Crippen LogP contribution in [0.5, 0.6) is 0 Å². The minimum absolute atomic E-state index is 0.360. The Kier molecular flexibility index (Phi) is 6.51. The van der Waals surface area contributed by atoms with Gasteiger partial charge in [-0.25, -0.2) is 4.79 Å². The molecule has 1 rings (SSSR count). The first-order valence-electron chi connectivity index (χ1n) is 6.61. The molecular formula is C14H20BrN3O2. The van der Waals surface area contributed by atoms with Crippen LogP contribution >= 0.6 is 15.9 Å². The van der Waals surface area contributed by atoms with Crippen LogP contribution in [0.15, 0.2) is 22.7 Å². The maximum atomic E-state index is 11.9. The van der Waals surface area contributed by atoms with E-state index in [1.165, 1.54) is 0 Å². The summed E-state index contributed by atoms with van der Waals surface area (Å²) in [4.78, 5) is 23.2. The van der Waals surface area contributed by atoms with E-state index in [1.54, 1.807) is 13.8 Å². The summed E-state index contributed by atoms with van der Waals surface area (Å²) < 4.78 is 0.999. The number of rotatable bonds is 5. The van der Waals surface area contributed by atoms with Gasteiger partial charge in [0.25, 0.3) is 0 Å². The van der Waals surface area contributed by atoms with Crippen LogP contribution < -0.4 is 16.0 Å². The van der Waals surface area contributed by atoms with Crippen molar-refractivity contribution in [1.29, 1.82) is 0 Å². The molecule has 20 heavy (non-hydrogen) atoms. The highest BCUT2D eigenvalue weighted by Gasteiger charge is 2.16. The fourth-order valence-electron chi connectivity index (χ4n) is 1.72. The molecule has 3 amide bonds. The number of urea groups is 1. The molecule has 0 aliphatic rings. The van der Waals surface area contributed by atoms with E-state index < -0.39 is 12.1 Å². The van der Waals surface area contributed by atoms with Crippen molar-refractivity contribution in [2.75, 3.05) is 11.9 Å². The predicted octanol–water partition coefficient (Wildman–Crippen LogP) is 2.66. The van der Waals surface area contributed by atoms with E-state index in [4.69, 9.17) is 0 Å². The third kappa shape index (κ3) is 4.85. The molecule has 0 aromatic heterocycles. The van der Waals surface area contributed by atoms with Gasteiger partial charge in [-0.3, -0.25) is 10.1 Å². The third-order valence-corrected chi connectivity index (χ3v) is 3.28. The molecule has 1 aromatic rings. The highest BCUT2D eigenvalue weighted by atomic mass is 79.9. The first-order valence-corrected chi connectivity index (χ1v) is 7.40. The zero-order valence-corrected chi connectivity index (χ0v) is 13.5. The van der Waals surface area contributed by atoms with Gasteiger partial charge in [-0.15, -0.1) is 0 Å². The van der Waals surface area contributed by atoms with Gasteiger partial charge in [0.15, 0.2) is 0 Å². The summed E-state index contributed by atoms with van der Waals surface area (Å²) in [6.45, 7) is 6.04. The van der Waals surface area contributed by atoms with E-state index in [2.05, 4.69) is 31.9 Å².